The lowest BCUT2D eigenvalue weighted by atomic mass is 10.1. The van der Waals surface area contributed by atoms with Gasteiger partial charge in [0.15, 0.2) is 0 Å². The summed E-state index contributed by atoms with van der Waals surface area (Å²) in [7, 11) is 3.13. The minimum absolute atomic E-state index is 0.127. The van der Waals surface area contributed by atoms with Crippen LogP contribution in [0.2, 0.25) is 0 Å². The maximum Gasteiger partial charge on any atom is 0.330 e. The van der Waals surface area contributed by atoms with E-state index in [2.05, 4.69) is 4.90 Å². The van der Waals surface area contributed by atoms with Gasteiger partial charge in [0.25, 0.3) is 5.56 Å². The molecule has 1 saturated carbocycles. The first kappa shape index (κ1) is 16.6. The third-order valence-electron chi connectivity index (χ3n) is 4.84. The van der Waals surface area contributed by atoms with Gasteiger partial charge >= 0.3 is 5.69 Å². The lowest BCUT2D eigenvalue weighted by molar-refractivity contribution is 0.182. The zero-order valence-electron chi connectivity index (χ0n) is 14.2. The summed E-state index contributed by atoms with van der Waals surface area (Å²) in [5, 5.41) is 0. The normalized spacial score (nSPS) is 15.7. The Labute approximate surface area is 140 Å². The Kier molecular flexibility index (Phi) is 4.41. The van der Waals surface area contributed by atoms with Gasteiger partial charge in [-0.3, -0.25) is 18.8 Å². The summed E-state index contributed by atoms with van der Waals surface area (Å²) in [6.07, 6.45) is 2.11. The summed E-state index contributed by atoms with van der Waals surface area (Å²) in [5.74, 6) is -0.228. The van der Waals surface area contributed by atoms with Crippen molar-refractivity contribution in [2.75, 3.05) is 0 Å². The molecule has 0 spiro atoms. The van der Waals surface area contributed by atoms with Gasteiger partial charge < -0.3 is 0 Å². The molecule has 1 heterocycles. The van der Waals surface area contributed by atoms with Crippen LogP contribution in [-0.2, 0) is 20.6 Å². The lowest BCUT2D eigenvalue weighted by Gasteiger charge is -2.30. The summed E-state index contributed by atoms with van der Waals surface area (Å²) >= 11 is 0. The van der Waals surface area contributed by atoms with Crippen LogP contribution in [0.5, 0.6) is 0 Å². The van der Waals surface area contributed by atoms with Crippen LogP contribution >= 0.6 is 0 Å². The average Bonchev–Trinajstić information content (AvgIpc) is 3.39. The van der Waals surface area contributed by atoms with E-state index in [9.17, 15) is 14.0 Å². The summed E-state index contributed by atoms with van der Waals surface area (Å²) in [6.45, 7) is 2.41. The van der Waals surface area contributed by atoms with E-state index in [1.54, 1.807) is 19.2 Å². The fraction of sp³-hybridized carbons (Fsp3) is 0.444. The number of rotatable bonds is 5. The summed E-state index contributed by atoms with van der Waals surface area (Å²) in [5.41, 5.74) is 0.630. The topological polar surface area (TPSA) is 47.2 Å². The molecule has 24 heavy (non-hydrogen) atoms. The highest BCUT2D eigenvalue weighted by molar-refractivity contribution is 5.21. The highest BCUT2D eigenvalue weighted by Gasteiger charge is 2.34. The smallest absolute Gasteiger partial charge is 0.299 e. The van der Waals surface area contributed by atoms with Crippen LogP contribution in [0.25, 0.3) is 0 Å². The summed E-state index contributed by atoms with van der Waals surface area (Å²) in [4.78, 5) is 26.2. The Morgan fingerprint density at radius 3 is 2.50 bits per heavy atom. The SMILES string of the molecule is C[C@@H](c1ccccc1F)N(Cc1cc(=O)n(C)c(=O)n1C)C1CC1. The Morgan fingerprint density at radius 2 is 1.88 bits per heavy atom. The second-order valence-corrected chi connectivity index (χ2v) is 6.48. The molecule has 1 aromatic carbocycles. The van der Waals surface area contributed by atoms with E-state index in [1.165, 1.54) is 23.7 Å². The third-order valence-corrected chi connectivity index (χ3v) is 4.84. The number of hydrogen-bond donors (Lipinski definition) is 0. The Hall–Kier alpha value is -2.21. The number of benzene rings is 1. The first-order chi connectivity index (χ1) is 11.4. The standard InChI is InChI=1S/C18H22FN3O2/c1-12(15-6-4-5-7-16(15)19)22(13-8-9-13)11-14-10-17(23)21(3)18(24)20(14)2/h4-7,10,12-13H,8-9,11H2,1-3H3/t12-/m0/s1. The molecule has 0 unspecified atom stereocenters. The molecule has 0 N–H and O–H groups in total. The molecule has 0 saturated heterocycles. The molecule has 128 valence electrons. The van der Waals surface area contributed by atoms with E-state index in [0.29, 0.717) is 23.8 Å². The van der Waals surface area contributed by atoms with Crippen LogP contribution < -0.4 is 11.2 Å². The van der Waals surface area contributed by atoms with Crippen molar-refractivity contribution >= 4 is 0 Å². The van der Waals surface area contributed by atoms with E-state index in [-0.39, 0.29) is 23.1 Å². The van der Waals surface area contributed by atoms with Crippen LogP contribution in [0.4, 0.5) is 4.39 Å². The molecule has 0 radical (unpaired) electrons. The Balaban J connectivity index is 1.95. The predicted molar refractivity (Wildman–Crippen MR) is 90.3 cm³/mol. The van der Waals surface area contributed by atoms with Crippen molar-refractivity contribution in [1.82, 2.24) is 14.0 Å². The zero-order chi connectivity index (χ0) is 17.4. The van der Waals surface area contributed by atoms with Gasteiger partial charge in [-0.1, -0.05) is 18.2 Å². The predicted octanol–water partition coefficient (Wildman–Crippen LogP) is 1.95. The van der Waals surface area contributed by atoms with E-state index in [4.69, 9.17) is 0 Å². The fourth-order valence-electron chi connectivity index (χ4n) is 3.10. The molecule has 1 aromatic heterocycles. The summed E-state index contributed by atoms with van der Waals surface area (Å²) in [6, 6.07) is 8.48. The monoisotopic (exact) mass is 331 g/mol. The number of nitrogens with zero attached hydrogens (tertiary/aromatic N) is 3. The molecule has 6 heteroatoms. The molecular formula is C18H22FN3O2. The average molecular weight is 331 g/mol. The van der Waals surface area contributed by atoms with Crippen LogP contribution in [0.15, 0.2) is 39.9 Å². The maximum absolute atomic E-state index is 14.1. The molecule has 5 nitrogen and oxygen atoms in total. The number of hydrogen-bond acceptors (Lipinski definition) is 3. The van der Waals surface area contributed by atoms with E-state index < -0.39 is 0 Å². The van der Waals surface area contributed by atoms with Gasteiger partial charge in [0, 0.05) is 50.0 Å². The molecule has 1 atom stereocenters. The quantitative estimate of drug-likeness (QED) is 0.841. The van der Waals surface area contributed by atoms with Gasteiger partial charge in [-0.2, -0.15) is 0 Å². The Morgan fingerprint density at radius 1 is 1.21 bits per heavy atom. The number of halogens is 1. The van der Waals surface area contributed by atoms with Crippen molar-refractivity contribution in [2.45, 2.75) is 38.4 Å². The minimum atomic E-state index is -0.341. The minimum Gasteiger partial charge on any atom is -0.299 e. The largest absolute Gasteiger partial charge is 0.330 e. The van der Waals surface area contributed by atoms with Crippen molar-refractivity contribution in [3.05, 3.63) is 68.2 Å². The first-order valence-electron chi connectivity index (χ1n) is 8.16. The molecule has 0 bridgehead atoms. The highest BCUT2D eigenvalue weighted by Crippen LogP contribution is 2.36. The molecule has 0 aliphatic heterocycles. The zero-order valence-corrected chi connectivity index (χ0v) is 14.2. The van der Waals surface area contributed by atoms with Crippen LogP contribution in [0, 0.1) is 5.82 Å². The highest BCUT2D eigenvalue weighted by atomic mass is 19.1. The van der Waals surface area contributed by atoms with Crippen molar-refractivity contribution < 1.29 is 4.39 Å². The molecular weight excluding hydrogens is 309 g/mol. The molecule has 1 fully saturated rings. The van der Waals surface area contributed by atoms with Crippen molar-refractivity contribution in [3.8, 4) is 0 Å². The van der Waals surface area contributed by atoms with Crippen molar-refractivity contribution in [2.24, 2.45) is 14.1 Å². The van der Waals surface area contributed by atoms with Gasteiger partial charge in [-0.25, -0.2) is 9.18 Å². The van der Waals surface area contributed by atoms with Crippen molar-refractivity contribution in [3.63, 3.8) is 0 Å². The van der Waals surface area contributed by atoms with Gasteiger partial charge in [-0.05, 0) is 25.8 Å². The molecule has 3 rings (SSSR count). The number of aromatic nitrogens is 2. The van der Waals surface area contributed by atoms with Crippen LogP contribution in [-0.4, -0.2) is 20.1 Å². The first-order valence-corrected chi connectivity index (χ1v) is 8.16. The van der Waals surface area contributed by atoms with Gasteiger partial charge in [-0.15, -0.1) is 0 Å². The van der Waals surface area contributed by atoms with E-state index in [1.807, 2.05) is 13.0 Å². The second kappa shape index (κ2) is 6.36. The van der Waals surface area contributed by atoms with E-state index in [0.717, 1.165) is 17.4 Å². The van der Waals surface area contributed by atoms with Gasteiger partial charge in [0.1, 0.15) is 5.82 Å². The second-order valence-electron chi connectivity index (χ2n) is 6.48. The fourth-order valence-corrected chi connectivity index (χ4v) is 3.10. The van der Waals surface area contributed by atoms with Gasteiger partial charge in [0.2, 0.25) is 0 Å². The van der Waals surface area contributed by atoms with Crippen LogP contribution in [0.3, 0.4) is 0 Å². The molecule has 1 aliphatic rings. The summed E-state index contributed by atoms with van der Waals surface area (Å²) < 4.78 is 16.7. The molecule has 1 aliphatic carbocycles. The van der Waals surface area contributed by atoms with Crippen LogP contribution in [0.1, 0.15) is 37.1 Å². The van der Waals surface area contributed by atoms with Gasteiger partial charge in [0.05, 0.1) is 0 Å². The molecule has 2 aromatic rings. The van der Waals surface area contributed by atoms with E-state index >= 15 is 0 Å². The Bertz CT molecular complexity index is 867. The third kappa shape index (κ3) is 3.06. The van der Waals surface area contributed by atoms with Crippen molar-refractivity contribution in [1.29, 1.82) is 0 Å². The molecule has 0 amide bonds. The lowest BCUT2D eigenvalue weighted by Crippen LogP contribution is -2.40. The maximum atomic E-state index is 14.1.